The highest BCUT2D eigenvalue weighted by Gasteiger charge is 2.43. The Labute approximate surface area is 139 Å². The van der Waals surface area contributed by atoms with Crippen molar-refractivity contribution in [1.29, 1.82) is 0 Å². The Balaban J connectivity index is 1.48. The van der Waals surface area contributed by atoms with Gasteiger partial charge in [-0.2, -0.15) is 0 Å². The molecule has 0 saturated heterocycles. The van der Waals surface area contributed by atoms with Gasteiger partial charge in [0.25, 0.3) is 0 Å². The molecule has 1 aromatic carbocycles. The number of aliphatic hydroxyl groups is 1. The minimum absolute atomic E-state index is 0.000799. The van der Waals surface area contributed by atoms with E-state index in [2.05, 4.69) is 0 Å². The number of para-hydroxylation sites is 2. The van der Waals surface area contributed by atoms with Crippen LogP contribution in [-0.2, 0) is 11.3 Å². The van der Waals surface area contributed by atoms with E-state index in [1.807, 2.05) is 13.1 Å². The average molecular weight is 330 g/mol. The van der Waals surface area contributed by atoms with E-state index in [1.54, 1.807) is 23.1 Å². The van der Waals surface area contributed by atoms with Crippen LogP contribution in [0.3, 0.4) is 0 Å². The molecule has 1 amide bonds. The molecule has 6 heteroatoms. The molecule has 0 aliphatic heterocycles. The number of aliphatic hydroxyl groups excluding tert-OH is 1. The summed E-state index contributed by atoms with van der Waals surface area (Å²) in [6, 6.07) is 7.34. The van der Waals surface area contributed by atoms with Crippen LogP contribution >= 0.6 is 0 Å². The third-order valence-corrected chi connectivity index (χ3v) is 5.77. The molecule has 2 aliphatic rings. The van der Waals surface area contributed by atoms with Crippen LogP contribution in [0.5, 0.6) is 0 Å². The lowest BCUT2D eigenvalue weighted by Gasteiger charge is -2.25. The number of hydrogen-bond acceptors (Lipinski definition) is 4. The number of carbonyl (C=O) groups is 1. The SMILES string of the molecule is CN(C(=O)Cn1c(=O)oc2ccccc21)C1C[C@H]2CC(O)C[C@H]2C1. The number of hydrogen-bond donors (Lipinski definition) is 1. The van der Waals surface area contributed by atoms with Gasteiger partial charge in [-0.15, -0.1) is 0 Å². The van der Waals surface area contributed by atoms with Crippen molar-refractivity contribution < 1.29 is 14.3 Å². The smallest absolute Gasteiger partial charge is 0.408 e. The van der Waals surface area contributed by atoms with Gasteiger partial charge in [0.05, 0.1) is 11.6 Å². The second-order valence-corrected chi connectivity index (χ2v) is 7.20. The zero-order valence-corrected chi connectivity index (χ0v) is 13.7. The predicted molar refractivity (Wildman–Crippen MR) is 88.5 cm³/mol. The van der Waals surface area contributed by atoms with Gasteiger partial charge in [0.15, 0.2) is 5.58 Å². The summed E-state index contributed by atoms with van der Waals surface area (Å²) in [5.41, 5.74) is 1.15. The van der Waals surface area contributed by atoms with Crippen molar-refractivity contribution >= 4 is 17.0 Å². The van der Waals surface area contributed by atoms with Crippen LogP contribution in [0, 0.1) is 11.8 Å². The number of nitrogens with zero attached hydrogens (tertiary/aromatic N) is 2. The molecule has 4 atom stereocenters. The van der Waals surface area contributed by atoms with Crippen molar-refractivity contribution in [2.24, 2.45) is 11.8 Å². The zero-order valence-electron chi connectivity index (χ0n) is 13.7. The fraction of sp³-hybridized carbons (Fsp3) is 0.556. The highest BCUT2D eigenvalue weighted by atomic mass is 16.4. The van der Waals surface area contributed by atoms with E-state index < -0.39 is 5.76 Å². The van der Waals surface area contributed by atoms with Crippen LogP contribution < -0.4 is 5.76 Å². The molecule has 128 valence electrons. The second-order valence-electron chi connectivity index (χ2n) is 7.20. The maximum Gasteiger partial charge on any atom is 0.420 e. The first-order valence-electron chi connectivity index (χ1n) is 8.55. The van der Waals surface area contributed by atoms with Crippen LogP contribution in [0.4, 0.5) is 0 Å². The highest BCUT2D eigenvalue weighted by molar-refractivity contribution is 5.79. The number of amides is 1. The van der Waals surface area contributed by atoms with Crippen LogP contribution in [-0.4, -0.2) is 39.7 Å². The van der Waals surface area contributed by atoms with Crippen LogP contribution in [0.25, 0.3) is 11.1 Å². The summed E-state index contributed by atoms with van der Waals surface area (Å²) < 4.78 is 6.58. The van der Waals surface area contributed by atoms with E-state index in [9.17, 15) is 14.7 Å². The first kappa shape index (κ1) is 15.4. The first-order valence-corrected chi connectivity index (χ1v) is 8.55. The molecule has 4 rings (SSSR count). The van der Waals surface area contributed by atoms with Gasteiger partial charge in [-0.05, 0) is 49.7 Å². The van der Waals surface area contributed by atoms with Gasteiger partial charge < -0.3 is 14.4 Å². The normalized spacial score (nSPS) is 29.1. The Morgan fingerprint density at radius 2 is 1.92 bits per heavy atom. The van der Waals surface area contributed by atoms with Crippen molar-refractivity contribution in [3.63, 3.8) is 0 Å². The summed E-state index contributed by atoms with van der Waals surface area (Å²) in [6.45, 7) is 0.000799. The molecule has 1 N–H and O–H groups in total. The van der Waals surface area contributed by atoms with Gasteiger partial charge in [-0.3, -0.25) is 9.36 Å². The molecule has 2 fully saturated rings. The molecule has 6 nitrogen and oxygen atoms in total. The summed E-state index contributed by atoms with van der Waals surface area (Å²) >= 11 is 0. The Kier molecular flexibility index (Phi) is 3.72. The third kappa shape index (κ3) is 2.55. The maximum atomic E-state index is 12.7. The summed E-state index contributed by atoms with van der Waals surface area (Å²) in [6.07, 6.45) is 3.44. The fourth-order valence-electron chi connectivity index (χ4n) is 4.48. The standard InChI is InChI=1S/C18H22N2O4/c1-19(13-6-11-8-14(21)9-12(11)7-13)17(22)10-20-15-4-2-3-5-16(15)24-18(20)23/h2-5,11-14,21H,6-10H2,1H3/t11-,12+,13?,14?. The Hall–Kier alpha value is -2.08. The molecule has 1 aromatic heterocycles. The molecular weight excluding hydrogens is 308 g/mol. The van der Waals surface area contributed by atoms with Crippen molar-refractivity contribution in [2.75, 3.05) is 7.05 Å². The molecule has 2 unspecified atom stereocenters. The van der Waals surface area contributed by atoms with Crippen LogP contribution in [0.2, 0.25) is 0 Å². The molecule has 1 heterocycles. The summed E-state index contributed by atoms with van der Waals surface area (Å²) in [4.78, 5) is 26.4. The summed E-state index contributed by atoms with van der Waals surface area (Å²) in [7, 11) is 1.82. The van der Waals surface area contributed by atoms with Crippen molar-refractivity contribution in [3.05, 3.63) is 34.8 Å². The van der Waals surface area contributed by atoms with Gasteiger partial charge >= 0.3 is 5.76 Å². The van der Waals surface area contributed by atoms with Gasteiger partial charge in [0.2, 0.25) is 5.91 Å². The number of aromatic nitrogens is 1. The largest absolute Gasteiger partial charge is 0.420 e. The van der Waals surface area contributed by atoms with Crippen molar-refractivity contribution in [3.8, 4) is 0 Å². The molecule has 2 saturated carbocycles. The molecular formula is C18H22N2O4. The molecule has 2 aromatic rings. The average Bonchev–Trinajstić information content (AvgIpc) is 3.18. The molecule has 0 bridgehead atoms. The molecule has 2 aliphatic carbocycles. The molecule has 0 spiro atoms. The molecule has 0 radical (unpaired) electrons. The molecule has 24 heavy (non-hydrogen) atoms. The quantitative estimate of drug-likeness (QED) is 0.927. The van der Waals surface area contributed by atoms with E-state index >= 15 is 0 Å². The minimum atomic E-state index is -0.496. The van der Waals surface area contributed by atoms with Crippen LogP contribution in [0.15, 0.2) is 33.5 Å². The van der Waals surface area contributed by atoms with E-state index in [0.29, 0.717) is 22.9 Å². The lowest BCUT2D eigenvalue weighted by atomic mass is 10.0. The van der Waals surface area contributed by atoms with Gasteiger partial charge in [-0.1, -0.05) is 12.1 Å². The van der Waals surface area contributed by atoms with Gasteiger partial charge in [0.1, 0.15) is 6.54 Å². The topological polar surface area (TPSA) is 75.7 Å². The number of oxazole rings is 1. The van der Waals surface area contributed by atoms with E-state index in [0.717, 1.165) is 25.7 Å². The van der Waals surface area contributed by atoms with Gasteiger partial charge in [0, 0.05) is 13.1 Å². The zero-order chi connectivity index (χ0) is 16.8. The van der Waals surface area contributed by atoms with E-state index in [1.165, 1.54) is 4.57 Å². The van der Waals surface area contributed by atoms with Crippen molar-refractivity contribution in [1.82, 2.24) is 9.47 Å². The number of carbonyl (C=O) groups excluding carboxylic acids is 1. The number of benzene rings is 1. The predicted octanol–water partition coefficient (Wildman–Crippen LogP) is 1.60. The number of fused-ring (bicyclic) bond motifs is 2. The number of rotatable bonds is 3. The van der Waals surface area contributed by atoms with E-state index in [4.69, 9.17) is 4.42 Å². The maximum absolute atomic E-state index is 12.7. The minimum Gasteiger partial charge on any atom is -0.408 e. The highest BCUT2D eigenvalue weighted by Crippen LogP contribution is 2.45. The number of likely N-dealkylation sites (N-methyl/N-ethyl adjacent to an activating group) is 1. The van der Waals surface area contributed by atoms with Crippen molar-refractivity contribution in [2.45, 2.75) is 44.4 Å². The Bertz CT molecular complexity index is 810. The van der Waals surface area contributed by atoms with Crippen LogP contribution in [0.1, 0.15) is 25.7 Å². The monoisotopic (exact) mass is 330 g/mol. The lowest BCUT2D eigenvalue weighted by molar-refractivity contribution is -0.132. The Morgan fingerprint density at radius 1 is 1.25 bits per heavy atom. The van der Waals surface area contributed by atoms with E-state index in [-0.39, 0.29) is 24.6 Å². The summed E-state index contributed by atoms with van der Waals surface area (Å²) in [5.74, 6) is 0.481. The first-order chi connectivity index (χ1) is 11.5. The summed E-state index contributed by atoms with van der Waals surface area (Å²) in [5, 5.41) is 9.74. The lowest BCUT2D eigenvalue weighted by Crippen LogP contribution is -2.39. The third-order valence-electron chi connectivity index (χ3n) is 5.77. The Morgan fingerprint density at radius 3 is 2.62 bits per heavy atom. The second kappa shape index (κ2) is 5.77. The van der Waals surface area contributed by atoms with Gasteiger partial charge in [-0.25, -0.2) is 4.79 Å². The fourth-order valence-corrected chi connectivity index (χ4v) is 4.48.